The number of aromatic nitrogens is 4. The minimum Gasteiger partial charge on any atom is -0.405 e. The standard InChI is InChI=1S/C36H37N5O4Si2/c1-46(26-15-7-3-8-16-26,27-17-9-4-10-18-27)43-23-30-32(42)33(36(44-30)41-25-40-31-34(37)38-24-39-35(31)41)45-47(2,28-19-11-5-12-20-28)29-21-13-6-14-22-29/h3-22,24-25,30,32-33,36,42H,23H2,1-2H3,(H2,37,38,39)/t30-,32-,33+,36-/m1/s1. The summed E-state index contributed by atoms with van der Waals surface area (Å²) >= 11 is 0. The summed E-state index contributed by atoms with van der Waals surface area (Å²) in [6.07, 6.45) is -0.245. The third-order valence-electron chi connectivity index (χ3n) is 9.18. The molecule has 4 atom stereocenters. The van der Waals surface area contributed by atoms with Crippen LogP contribution in [0.1, 0.15) is 6.23 Å². The van der Waals surface area contributed by atoms with Crippen molar-refractivity contribution >= 4 is 54.4 Å². The topological polar surface area (TPSA) is 118 Å². The first kappa shape index (κ1) is 31.1. The highest BCUT2D eigenvalue weighted by Crippen LogP contribution is 2.36. The molecule has 0 bridgehead atoms. The van der Waals surface area contributed by atoms with Crippen LogP contribution in [0.5, 0.6) is 0 Å². The van der Waals surface area contributed by atoms with Gasteiger partial charge in [-0.15, -0.1) is 0 Å². The number of nitrogen functional groups attached to an aromatic ring is 1. The first-order valence-corrected chi connectivity index (χ1v) is 20.5. The lowest BCUT2D eigenvalue weighted by Crippen LogP contribution is -2.62. The quantitative estimate of drug-likeness (QED) is 0.216. The molecular formula is C36H37N5O4Si2. The Kier molecular flexibility index (Phi) is 8.58. The zero-order chi connectivity index (χ0) is 32.4. The van der Waals surface area contributed by atoms with E-state index < -0.39 is 41.2 Å². The van der Waals surface area contributed by atoms with Crippen molar-refractivity contribution in [2.45, 2.75) is 37.6 Å². The van der Waals surface area contributed by atoms with Crippen LogP contribution in [-0.4, -0.2) is 66.2 Å². The smallest absolute Gasteiger partial charge is 0.253 e. The molecule has 0 radical (unpaired) electrons. The van der Waals surface area contributed by atoms with Crippen LogP contribution in [0.2, 0.25) is 13.1 Å². The molecule has 4 aromatic carbocycles. The molecule has 47 heavy (non-hydrogen) atoms. The molecule has 0 aliphatic carbocycles. The van der Waals surface area contributed by atoms with Crippen LogP contribution in [0.15, 0.2) is 134 Å². The van der Waals surface area contributed by atoms with Crippen LogP contribution in [-0.2, 0) is 13.6 Å². The maximum Gasteiger partial charge on any atom is 0.253 e. The second-order valence-electron chi connectivity index (χ2n) is 12.1. The fraction of sp³-hybridized carbons (Fsp3) is 0.194. The molecule has 0 saturated carbocycles. The van der Waals surface area contributed by atoms with Gasteiger partial charge in [0.15, 0.2) is 17.7 Å². The highest BCUT2D eigenvalue weighted by atomic mass is 28.4. The average Bonchev–Trinajstić information content (AvgIpc) is 3.69. The molecule has 1 aliphatic heterocycles. The zero-order valence-corrected chi connectivity index (χ0v) is 28.3. The van der Waals surface area contributed by atoms with E-state index in [1.54, 1.807) is 10.9 Å². The number of aliphatic hydroxyl groups is 1. The van der Waals surface area contributed by atoms with Crippen molar-refractivity contribution in [3.63, 3.8) is 0 Å². The van der Waals surface area contributed by atoms with Crippen LogP contribution in [0, 0.1) is 0 Å². The number of ether oxygens (including phenoxy) is 1. The van der Waals surface area contributed by atoms with Crippen LogP contribution >= 0.6 is 0 Å². The van der Waals surface area contributed by atoms with Crippen molar-refractivity contribution in [1.29, 1.82) is 0 Å². The maximum absolute atomic E-state index is 12.2. The minimum absolute atomic E-state index is 0.155. The van der Waals surface area contributed by atoms with Crippen molar-refractivity contribution in [1.82, 2.24) is 19.5 Å². The fourth-order valence-electron chi connectivity index (χ4n) is 6.44. The molecular weight excluding hydrogens is 623 g/mol. The molecule has 11 heteroatoms. The second kappa shape index (κ2) is 13.0. The van der Waals surface area contributed by atoms with E-state index in [0.29, 0.717) is 11.2 Å². The fourth-order valence-corrected chi connectivity index (χ4v) is 12.3. The van der Waals surface area contributed by atoms with Gasteiger partial charge >= 0.3 is 0 Å². The van der Waals surface area contributed by atoms with Gasteiger partial charge < -0.3 is 24.4 Å². The van der Waals surface area contributed by atoms with Crippen LogP contribution in [0.25, 0.3) is 11.2 Å². The normalized spacial score (nSPS) is 20.1. The molecule has 6 aromatic rings. The Balaban J connectivity index is 1.27. The van der Waals surface area contributed by atoms with E-state index in [-0.39, 0.29) is 12.4 Å². The van der Waals surface area contributed by atoms with Crippen LogP contribution in [0.3, 0.4) is 0 Å². The summed E-state index contributed by atoms with van der Waals surface area (Å²) in [6.45, 7) is 4.50. The Morgan fingerprint density at radius 2 is 1.21 bits per heavy atom. The summed E-state index contributed by atoms with van der Waals surface area (Å²) < 4.78 is 22.7. The van der Waals surface area contributed by atoms with Crippen molar-refractivity contribution in [2.24, 2.45) is 0 Å². The number of imidazole rings is 1. The van der Waals surface area contributed by atoms with E-state index in [0.717, 1.165) is 20.7 Å². The number of hydrogen-bond acceptors (Lipinski definition) is 8. The Labute approximate surface area is 275 Å². The summed E-state index contributed by atoms with van der Waals surface area (Å²) in [4.78, 5) is 13.1. The number of nitrogens with two attached hydrogens (primary N) is 1. The molecule has 0 unspecified atom stereocenters. The minimum atomic E-state index is -2.90. The monoisotopic (exact) mass is 659 g/mol. The van der Waals surface area contributed by atoms with E-state index in [1.165, 1.54) is 6.33 Å². The molecule has 1 fully saturated rings. The Hall–Kier alpha value is -4.50. The third kappa shape index (κ3) is 5.82. The summed E-state index contributed by atoms with van der Waals surface area (Å²) in [5.74, 6) is 0.268. The highest BCUT2D eigenvalue weighted by molar-refractivity contribution is 6.97. The maximum atomic E-state index is 12.2. The number of fused-ring (bicyclic) bond motifs is 1. The molecule has 7 rings (SSSR count). The lowest BCUT2D eigenvalue weighted by atomic mass is 10.1. The van der Waals surface area contributed by atoms with Gasteiger partial charge in [-0.3, -0.25) is 4.57 Å². The molecule has 0 amide bonds. The summed E-state index contributed by atoms with van der Waals surface area (Å²) in [5, 5.41) is 16.6. The van der Waals surface area contributed by atoms with E-state index >= 15 is 0 Å². The van der Waals surface area contributed by atoms with E-state index in [2.05, 4.69) is 76.6 Å². The van der Waals surface area contributed by atoms with Gasteiger partial charge in [-0.1, -0.05) is 121 Å². The number of anilines is 1. The van der Waals surface area contributed by atoms with Crippen molar-refractivity contribution in [2.75, 3.05) is 12.3 Å². The van der Waals surface area contributed by atoms with Gasteiger partial charge in [-0.25, -0.2) is 15.0 Å². The molecule has 1 aliphatic rings. The number of aliphatic hydroxyl groups excluding tert-OH is 1. The SMILES string of the molecule is C[Si](OC[C@H]1O[C@@H](n2cnc3c(N)ncnc32)[C@@H](O[Si](C)(c2ccccc2)c2ccccc2)[C@@H]1O)(c1ccccc1)c1ccccc1. The van der Waals surface area contributed by atoms with E-state index in [4.69, 9.17) is 19.3 Å². The lowest BCUT2D eigenvalue weighted by molar-refractivity contribution is -0.0457. The summed E-state index contributed by atoms with van der Waals surface area (Å²) in [6, 6.07) is 41.0. The van der Waals surface area contributed by atoms with Gasteiger partial charge in [-0.05, 0) is 33.8 Å². The molecule has 0 spiro atoms. The largest absolute Gasteiger partial charge is 0.405 e. The molecule has 3 N–H and O–H groups in total. The first-order chi connectivity index (χ1) is 22.9. The van der Waals surface area contributed by atoms with E-state index in [9.17, 15) is 5.11 Å². The Bertz CT molecular complexity index is 1850. The Morgan fingerprint density at radius 1 is 0.723 bits per heavy atom. The molecule has 238 valence electrons. The van der Waals surface area contributed by atoms with Crippen molar-refractivity contribution in [3.05, 3.63) is 134 Å². The number of rotatable bonds is 10. The number of hydrogen-bond donors (Lipinski definition) is 2. The van der Waals surface area contributed by atoms with Crippen LogP contribution in [0.4, 0.5) is 5.82 Å². The number of nitrogens with zero attached hydrogens (tertiary/aromatic N) is 4. The molecule has 9 nitrogen and oxygen atoms in total. The van der Waals surface area contributed by atoms with Gasteiger partial charge in [-0.2, -0.15) is 0 Å². The first-order valence-electron chi connectivity index (χ1n) is 15.7. The predicted molar refractivity (Wildman–Crippen MR) is 188 cm³/mol. The lowest BCUT2D eigenvalue weighted by Gasteiger charge is -2.35. The van der Waals surface area contributed by atoms with Gasteiger partial charge in [0.05, 0.1) is 12.9 Å². The van der Waals surface area contributed by atoms with E-state index in [1.807, 2.05) is 72.8 Å². The van der Waals surface area contributed by atoms with Gasteiger partial charge in [0.25, 0.3) is 16.6 Å². The van der Waals surface area contributed by atoms with Gasteiger partial charge in [0, 0.05) is 0 Å². The van der Waals surface area contributed by atoms with Gasteiger partial charge in [0.1, 0.15) is 30.2 Å². The molecule has 2 aromatic heterocycles. The van der Waals surface area contributed by atoms with Crippen molar-refractivity contribution in [3.8, 4) is 0 Å². The van der Waals surface area contributed by atoms with Gasteiger partial charge in [0.2, 0.25) is 0 Å². The highest BCUT2D eigenvalue weighted by Gasteiger charge is 2.51. The number of benzene rings is 4. The second-order valence-corrected chi connectivity index (χ2v) is 19.0. The molecule has 3 heterocycles. The third-order valence-corrected chi connectivity index (χ3v) is 16.4. The summed E-state index contributed by atoms with van der Waals surface area (Å²) in [5.41, 5.74) is 7.12. The Morgan fingerprint density at radius 3 is 1.72 bits per heavy atom. The zero-order valence-electron chi connectivity index (χ0n) is 26.3. The average molecular weight is 660 g/mol. The predicted octanol–water partition coefficient (Wildman–Crippen LogP) is 2.85. The van der Waals surface area contributed by atoms with Crippen LogP contribution < -0.4 is 26.5 Å². The van der Waals surface area contributed by atoms with Crippen molar-refractivity contribution < 1.29 is 18.7 Å². The summed E-state index contributed by atoms with van der Waals surface area (Å²) in [7, 11) is -5.59. The molecule has 1 saturated heterocycles.